The van der Waals surface area contributed by atoms with Crippen LogP contribution in [0, 0.1) is 33.3 Å². The minimum absolute atomic E-state index is 0.216. The SMILES string of the molecule is CC(C)c1cccc(C(C)C)c1[N+]1=C([B@@-]2(C#N)SS[B@-](C#N)(C3=[N+](c4c(C(C)C)cccc4C(C)C)C(C)(C)CC3(C)C)S2)C(C)(C)CC1(C)C. The van der Waals surface area contributed by atoms with Gasteiger partial charge in [0.15, 0.2) is 11.1 Å². The molecule has 0 aliphatic carbocycles. The first-order valence-corrected chi connectivity index (χ1v) is 22.4. The Kier molecular flexibility index (Phi) is 10.5. The van der Waals surface area contributed by atoms with Crippen molar-refractivity contribution in [3.8, 4) is 11.9 Å². The maximum absolute atomic E-state index is 11.7. The van der Waals surface area contributed by atoms with Gasteiger partial charge in [-0.1, -0.05) is 119 Å². The second-order valence-corrected chi connectivity index (χ2v) is 24.6. The number of para-hydroxylation sites is 2. The second kappa shape index (κ2) is 13.4. The van der Waals surface area contributed by atoms with Gasteiger partial charge in [-0.25, -0.2) is 19.7 Å². The third-order valence-electron chi connectivity index (χ3n) is 11.7. The lowest BCUT2D eigenvalue weighted by Gasteiger charge is -2.40. The Bertz CT molecular complexity index is 1700. The fourth-order valence-corrected chi connectivity index (χ4v) is 18.6. The van der Waals surface area contributed by atoms with Crippen LogP contribution in [-0.4, -0.2) is 40.9 Å². The Hall–Kier alpha value is -2.06. The van der Waals surface area contributed by atoms with Crippen molar-refractivity contribution in [2.75, 3.05) is 0 Å². The van der Waals surface area contributed by atoms with E-state index in [9.17, 15) is 10.5 Å². The molecule has 0 spiro atoms. The highest BCUT2D eigenvalue weighted by molar-refractivity contribution is 9.18. The maximum atomic E-state index is 11.7. The lowest BCUT2D eigenvalue weighted by Crippen LogP contribution is -2.51. The number of hydrogen-bond acceptors (Lipinski definition) is 5. The average molecular weight is 741 g/mol. The molecular weight excluding hydrogens is 678 g/mol. The predicted octanol–water partition coefficient (Wildman–Crippen LogP) is 12.7. The van der Waals surface area contributed by atoms with Crippen molar-refractivity contribution < 1.29 is 9.15 Å². The number of nitrogens with zero attached hydrogens (tertiary/aromatic N) is 4. The predicted molar refractivity (Wildman–Crippen MR) is 230 cm³/mol. The van der Waals surface area contributed by atoms with Gasteiger partial charge in [0.2, 0.25) is 11.4 Å². The van der Waals surface area contributed by atoms with E-state index >= 15 is 0 Å². The first-order valence-electron chi connectivity index (χ1n) is 19.2. The molecule has 2 aromatic carbocycles. The standard InChI is InChI=1S/C42H62B2N4S3/c1-27(2)31-19-17-20-32(28(3)4)35(31)47-37(39(9,10)23-41(47,13)14)43(25-45)49-44(26-46,51-50-43)38-40(11,12)24-42(15,16)48(38)36-33(29(5)6)21-18-22-34(36)30(7)8/h17-22,27-30H,23-24H2,1-16H3/t43-,44-/m1/s1. The van der Waals surface area contributed by atoms with Crippen LogP contribution in [0.1, 0.15) is 170 Å². The van der Waals surface area contributed by atoms with Crippen LogP contribution in [0.2, 0.25) is 0 Å². The Morgan fingerprint density at radius 1 is 0.549 bits per heavy atom. The largest absolute Gasteiger partial charge is 0.517 e. The molecule has 1 saturated heterocycles. The summed E-state index contributed by atoms with van der Waals surface area (Å²) in [6.45, 7) is 37.1. The summed E-state index contributed by atoms with van der Waals surface area (Å²) in [6.07, 6.45) is 1.87. The van der Waals surface area contributed by atoms with Crippen LogP contribution in [0.5, 0.6) is 0 Å². The van der Waals surface area contributed by atoms with Gasteiger partial charge in [0.05, 0.1) is 0 Å². The van der Waals surface area contributed by atoms with Crippen molar-refractivity contribution in [3.63, 3.8) is 0 Å². The van der Waals surface area contributed by atoms with E-state index in [0.29, 0.717) is 23.7 Å². The third kappa shape index (κ3) is 6.48. The molecular formula is C42H62B2N4S3. The van der Waals surface area contributed by atoms with E-state index in [-0.39, 0.29) is 21.9 Å². The molecule has 0 aromatic heterocycles. The molecule has 51 heavy (non-hydrogen) atoms. The summed E-state index contributed by atoms with van der Waals surface area (Å²) in [6, 6.07) is 13.6. The molecule has 0 amide bonds. The molecule has 2 aromatic rings. The fraction of sp³-hybridized carbons (Fsp3) is 0.619. The van der Waals surface area contributed by atoms with Crippen molar-refractivity contribution in [3.05, 3.63) is 58.7 Å². The van der Waals surface area contributed by atoms with E-state index in [1.54, 1.807) is 32.8 Å². The van der Waals surface area contributed by atoms with Crippen molar-refractivity contribution in [1.82, 2.24) is 0 Å². The summed E-state index contributed by atoms with van der Waals surface area (Å²) in [5.41, 5.74) is 9.37. The van der Waals surface area contributed by atoms with Crippen molar-refractivity contribution in [2.24, 2.45) is 10.8 Å². The molecule has 3 aliphatic heterocycles. The zero-order valence-corrected chi connectivity index (χ0v) is 36.8. The van der Waals surface area contributed by atoms with Gasteiger partial charge in [-0.15, -0.1) is 11.9 Å². The van der Waals surface area contributed by atoms with Gasteiger partial charge in [0.1, 0.15) is 0 Å². The number of rotatable bonds is 8. The Morgan fingerprint density at radius 3 is 1.06 bits per heavy atom. The molecule has 0 radical (unpaired) electrons. The van der Waals surface area contributed by atoms with Crippen molar-refractivity contribution >= 4 is 64.8 Å². The van der Waals surface area contributed by atoms with E-state index in [4.69, 9.17) is 0 Å². The van der Waals surface area contributed by atoms with E-state index in [1.165, 1.54) is 44.9 Å². The Balaban J connectivity index is 1.89. The van der Waals surface area contributed by atoms with Crippen molar-refractivity contribution in [2.45, 2.75) is 158 Å². The van der Waals surface area contributed by atoms with Gasteiger partial charge in [-0.2, -0.15) is 0 Å². The zero-order valence-electron chi connectivity index (χ0n) is 34.4. The highest BCUT2D eigenvalue weighted by Gasteiger charge is 2.64. The molecule has 0 unspecified atom stereocenters. The highest BCUT2D eigenvalue weighted by Crippen LogP contribution is 2.66. The molecule has 3 heterocycles. The van der Waals surface area contributed by atoms with Gasteiger partial charge < -0.3 is 32.8 Å². The molecule has 0 bridgehead atoms. The molecule has 0 N–H and O–H groups in total. The van der Waals surface area contributed by atoms with E-state index < -0.39 is 9.41 Å². The van der Waals surface area contributed by atoms with Crippen LogP contribution < -0.4 is 0 Å². The lowest BCUT2D eigenvalue weighted by atomic mass is 9.57. The summed E-state index contributed by atoms with van der Waals surface area (Å²) in [4.78, 5) is 0. The summed E-state index contributed by atoms with van der Waals surface area (Å²) in [5.74, 6) is 7.32. The van der Waals surface area contributed by atoms with Crippen LogP contribution in [0.4, 0.5) is 11.4 Å². The quantitative estimate of drug-likeness (QED) is 0.153. The Labute approximate surface area is 322 Å². The fourth-order valence-electron chi connectivity index (χ4n) is 10.4. The van der Waals surface area contributed by atoms with Crippen LogP contribution >= 0.6 is 32.8 Å². The minimum Gasteiger partial charge on any atom is -0.517 e. The van der Waals surface area contributed by atoms with E-state index in [0.717, 1.165) is 12.8 Å². The molecule has 9 heteroatoms. The third-order valence-corrected chi connectivity index (χ3v) is 18.5. The van der Waals surface area contributed by atoms with Gasteiger partial charge in [-0.3, -0.25) is 0 Å². The topological polar surface area (TPSA) is 53.6 Å². The molecule has 274 valence electrons. The zero-order chi connectivity index (χ0) is 38.3. The first-order chi connectivity index (χ1) is 23.4. The molecule has 3 aliphatic rings. The highest BCUT2D eigenvalue weighted by atomic mass is 33.1. The molecule has 5 rings (SSSR count). The van der Waals surface area contributed by atoms with E-state index in [2.05, 4.69) is 168 Å². The first kappa shape index (κ1) is 40.1. The van der Waals surface area contributed by atoms with Gasteiger partial charge >= 0.3 is 0 Å². The number of hydrogen-bond donors (Lipinski definition) is 0. The summed E-state index contributed by atoms with van der Waals surface area (Å²) < 4.78 is 1.39. The number of nitriles is 2. The average Bonchev–Trinajstić information content (AvgIpc) is 3.56. The van der Waals surface area contributed by atoms with Crippen LogP contribution in [0.25, 0.3) is 0 Å². The van der Waals surface area contributed by atoms with Gasteiger partial charge in [0, 0.05) is 84.8 Å². The van der Waals surface area contributed by atoms with Gasteiger partial charge in [-0.05, 0) is 23.7 Å². The second-order valence-electron chi connectivity index (χ2n) is 19.4. The van der Waals surface area contributed by atoms with E-state index in [1.807, 2.05) is 0 Å². The summed E-state index contributed by atoms with van der Waals surface area (Å²) in [7, 11) is 3.43. The van der Waals surface area contributed by atoms with Gasteiger partial charge in [0.25, 0.3) is 9.41 Å². The minimum atomic E-state index is -1.92. The molecule has 1 fully saturated rings. The molecule has 2 atom stereocenters. The molecule has 4 nitrogen and oxygen atoms in total. The monoisotopic (exact) mass is 740 g/mol. The number of benzene rings is 2. The Morgan fingerprint density at radius 2 is 0.824 bits per heavy atom. The summed E-state index contributed by atoms with van der Waals surface area (Å²) in [5, 5.41) is 23.3. The smallest absolute Gasteiger partial charge is 0.272 e. The maximum Gasteiger partial charge on any atom is 0.272 e. The van der Waals surface area contributed by atoms with Crippen LogP contribution in [0.15, 0.2) is 36.4 Å². The van der Waals surface area contributed by atoms with Crippen LogP contribution in [-0.2, 0) is 0 Å². The normalized spacial score (nSPS) is 26.5. The summed E-state index contributed by atoms with van der Waals surface area (Å²) >= 11 is 1.73. The van der Waals surface area contributed by atoms with Crippen molar-refractivity contribution in [1.29, 1.82) is 10.5 Å². The molecule has 0 saturated carbocycles. The van der Waals surface area contributed by atoms with Crippen LogP contribution in [0.3, 0.4) is 0 Å². The lowest BCUT2D eigenvalue weighted by molar-refractivity contribution is -0.515.